The molecule has 1 aromatic carbocycles. The summed E-state index contributed by atoms with van der Waals surface area (Å²) in [6, 6.07) is 7.58. The molecule has 2 rings (SSSR count). The maximum Gasteiger partial charge on any atom is 0.308 e. The Hall–Kier alpha value is -2.08. The second-order valence-electron chi connectivity index (χ2n) is 5.26. The molecule has 1 aliphatic rings. The Bertz CT molecular complexity index is 531. The van der Waals surface area contributed by atoms with Gasteiger partial charge in [-0.25, -0.2) is 0 Å². The summed E-state index contributed by atoms with van der Waals surface area (Å²) in [6.45, 7) is 1.43. The number of hydrogen-bond donors (Lipinski definition) is 2. The van der Waals surface area contributed by atoms with Crippen molar-refractivity contribution in [1.29, 1.82) is 0 Å². The van der Waals surface area contributed by atoms with Crippen molar-refractivity contribution < 1.29 is 24.5 Å². The van der Waals surface area contributed by atoms with Crippen LogP contribution in [0.5, 0.6) is 5.75 Å². The lowest BCUT2D eigenvalue weighted by Crippen LogP contribution is -2.46. The summed E-state index contributed by atoms with van der Waals surface area (Å²) in [7, 11) is 1.60. The molecule has 1 aromatic rings. The first-order chi connectivity index (χ1) is 10.0. The van der Waals surface area contributed by atoms with Crippen molar-refractivity contribution in [2.75, 3.05) is 20.2 Å². The standard InChI is InChI=1S/C15H19NO5/c1-21-11-4-2-3-10(7-11)8-16-6-5-12(14(17)18)13(9-16)15(19)20/h2-4,7,12-13H,5-6,8-9H2,1H3,(H,17,18)(H,19,20). The van der Waals surface area contributed by atoms with E-state index in [0.717, 1.165) is 11.3 Å². The third kappa shape index (κ3) is 3.72. The number of carbonyl (C=O) groups is 2. The van der Waals surface area contributed by atoms with Crippen LogP contribution in [0.1, 0.15) is 12.0 Å². The van der Waals surface area contributed by atoms with Gasteiger partial charge in [0.05, 0.1) is 18.9 Å². The molecule has 1 heterocycles. The molecule has 21 heavy (non-hydrogen) atoms. The number of nitrogens with zero attached hydrogens (tertiary/aromatic N) is 1. The highest BCUT2D eigenvalue weighted by Crippen LogP contribution is 2.26. The monoisotopic (exact) mass is 293 g/mol. The summed E-state index contributed by atoms with van der Waals surface area (Å²) < 4.78 is 5.16. The van der Waals surface area contributed by atoms with Gasteiger partial charge in [0.1, 0.15) is 5.75 Å². The molecule has 1 saturated heterocycles. The number of ether oxygens (including phenoxy) is 1. The first-order valence-corrected chi connectivity index (χ1v) is 6.82. The van der Waals surface area contributed by atoms with Crippen LogP contribution in [-0.2, 0) is 16.1 Å². The minimum Gasteiger partial charge on any atom is -0.497 e. The van der Waals surface area contributed by atoms with Crippen LogP contribution in [0.15, 0.2) is 24.3 Å². The van der Waals surface area contributed by atoms with Crippen LogP contribution in [-0.4, -0.2) is 47.3 Å². The van der Waals surface area contributed by atoms with Crippen LogP contribution in [0.3, 0.4) is 0 Å². The number of carboxylic acid groups (broad SMARTS) is 2. The van der Waals surface area contributed by atoms with Gasteiger partial charge in [-0.2, -0.15) is 0 Å². The molecule has 1 aliphatic heterocycles. The fraction of sp³-hybridized carbons (Fsp3) is 0.467. The van der Waals surface area contributed by atoms with Crippen LogP contribution in [0.4, 0.5) is 0 Å². The molecule has 0 amide bonds. The smallest absolute Gasteiger partial charge is 0.308 e. The highest BCUT2D eigenvalue weighted by molar-refractivity contribution is 5.80. The quantitative estimate of drug-likeness (QED) is 0.851. The van der Waals surface area contributed by atoms with E-state index in [1.54, 1.807) is 7.11 Å². The molecular weight excluding hydrogens is 274 g/mol. The maximum absolute atomic E-state index is 11.3. The van der Waals surface area contributed by atoms with Gasteiger partial charge in [-0.05, 0) is 30.7 Å². The lowest BCUT2D eigenvalue weighted by molar-refractivity contribution is -0.157. The zero-order valence-electron chi connectivity index (χ0n) is 11.9. The molecule has 0 aromatic heterocycles. The van der Waals surface area contributed by atoms with Gasteiger partial charge in [-0.15, -0.1) is 0 Å². The number of likely N-dealkylation sites (tertiary alicyclic amines) is 1. The van der Waals surface area contributed by atoms with Crippen molar-refractivity contribution in [3.63, 3.8) is 0 Å². The van der Waals surface area contributed by atoms with E-state index in [0.29, 0.717) is 19.5 Å². The molecule has 0 radical (unpaired) electrons. The fourth-order valence-electron chi connectivity index (χ4n) is 2.74. The van der Waals surface area contributed by atoms with Crippen LogP contribution in [0, 0.1) is 11.8 Å². The predicted molar refractivity (Wildman–Crippen MR) is 75.1 cm³/mol. The van der Waals surface area contributed by atoms with E-state index in [1.807, 2.05) is 29.2 Å². The molecule has 0 spiro atoms. The molecule has 6 heteroatoms. The first-order valence-electron chi connectivity index (χ1n) is 6.82. The van der Waals surface area contributed by atoms with Crippen molar-refractivity contribution in [2.45, 2.75) is 13.0 Å². The summed E-state index contributed by atoms with van der Waals surface area (Å²) >= 11 is 0. The summed E-state index contributed by atoms with van der Waals surface area (Å²) in [5.74, 6) is -2.98. The van der Waals surface area contributed by atoms with Gasteiger partial charge in [-0.1, -0.05) is 12.1 Å². The zero-order chi connectivity index (χ0) is 15.4. The number of aliphatic carboxylic acids is 2. The first kappa shape index (κ1) is 15.3. The van der Waals surface area contributed by atoms with E-state index in [1.165, 1.54) is 0 Å². The highest BCUT2D eigenvalue weighted by Gasteiger charge is 2.38. The Balaban J connectivity index is 2.05. The second kappa shape index (κ2) is 6.58. The minimum atomic E-state index is -1.04. The number of methoxy groups -OCH3 is 1. The summed E-state index contributed by atoms with van der Waals surface area (Å²) in [5.41, 5.74) is 1.02. The number of carboxylic acids is 2. The van der Waals surface area contributed by atoms with Crippen molar-refractivity contribution in [2.24, 2.45) is 11.8 Å². The van der Waals surface area contributed by atoms with Gasteiger partial charge in [0.15, 0.2) is 0 Å². The van der Waals surface area contributed by atoms with E-state index in [9.17, 15) is 14.7 Å². The van der Waals surface area contributed by atoms with Crippen molar-refractivity contribution in [3.8, 4) is 5.75 Å². The maximum atomic E-state index is 11.3. The Morgan fingerprint density at radius 2 is 2.00 bits per heavy atom. The molecule has 1 fully saturated rings. The molecule has 2 atom stereocenters. The van der Waals surface area contributed by atoms with E-state index in [4.69, 9.17) is 9.84 Å². The minimum absolute atomic E-state index is 0.253. The second-order valence-corrected chi connectivity index (χ2v) is 5.26. The summed E-state index contributed by atoms with van der Waals surface area (Å²) in [5, 5.41) is 18.3. The normalized spacial score (nSPS) is 22.7. The Morgan fingerprint density at radius 3 is 2.62 bits per heavy atom. The van der Waals surface area contributed by atoms with Gasteiger partial charge in [0, 0.05) is 13.1 Å². The Kier molecular flexibility index (Phi) is 4.80. The largest absolute Gasteiger partial charge is 0.497 e. The molecule has 2 N–H and O–H groups in total. The van der Waals surface area contributed by atoms with Gasteiger partial charge >= 0.3 is 11.9 Å². The fourth-order valence-corrected chi connectivity index (χ4v) is 2.74. The Labute approximate surface area is 122 Å². The number of piperidine rings is 1. The lowest BCUT2D eigenvalue weighted by Gasteiger charge is -2.34. The molecule has 2 unspecified atom stereocenters. The third-order valence-corrected chi connectivity index (χ3v) is 3.87. The van der Waals surface area contributed by atoms with Crippen molar-refractivity contribution in [1.82, 2.24) is 4.90 Å². The number of benzene rings is 1. The van der Waals surface area contributed by atoms with Crippen LogP contribution < -0.4 is 4.74 Å². The van der Waals surface area contributed by atoms with Gasteiger partial charge in [0.2, 0.25) is 0 Å². The summed E-state index contributed by atoms with van der Waals surface area (Å²) in [4.78, 5) is 24.4. The Morgan fingerprint density at radius 1 is 1.29 bits per heavy atom. The SMILES string of the molecule is COc1cccc(CN2CCC(C(=O)O)C(C(=O)O)C2)c1. The molecule has 114 valence electrons. The average molecular weight is 293 g/mol. The zero-order valence-corrected chi connectivity index (χ0v) is 11.9. The molecule has 0 saturated carbocycles. The molecule has 0 bridgehead atoms. The molecule has 0 aliphatic carbocycles. The topological polar surface area (TPSA) is 87.1 Å². The van der Waals surface area contributed by atoms with E-state index in [2.05, 4.69) is 0 Å². The molecular formula is C15H19NO5. The van der Waals surface area contributed by atoms with Crippen molar-refractivity contribution in [3.05, 3.63) is 29.8 Å². The average Bonchev–Trinajstić information content (AvgIpc) is 2.47. The van der Waals surface area contributed by atoms with Crippen LogP contribution in [0.2, 0.25) is 0 Å². The van der Waals surface area contributed by atoms with Gasteiger partial charge in [-0.3, -0.25) is 14.5 Å². The summed E-state index contributed by atoms with van der Waals surface area (Å²) in [6.07, 6.45) is 0.357. The molecule has 6 nitrogen and oxygen atoms in total. The highest BCUT2D eigenvalue weighted by atomic mass is 16.5. The van der Waals surface area contributed by atoms with E-state index >= 15 is 0 Å². The van der Waals surface area contributed by atoms with E-state index < -0.39 is 23.8 Å². The lowest BCUT2D eigenvalue weighted by atomic mass is 9.85. The van der Waals surface area contributed by atoms with Gasteiger partial charge in [0.25, 0.3) is 0 Å². The van der Waals surface area contributed by atoms with Crippen LogP contribution in [0.25, 0.3) is 0 Å². The van der Waals surface area contributed by atoms with E-state index in [-0.39, 0.29) is 6.54 Å². The van der Waals surface area contributed by atoms with Crippen molar-refractivity contribution >= 4 is 11.9 Å². The van der Waals surface area contributed by atoms with Crippen LogP contribution >= 0.6 is 0 Å². The third-order valence-electron chi connectivity index (χ3n) is 3.87. The van der Waals surface area contributed by atoms with Gasteiger partial charge < -0.3 is 14.9 Å². The predicted octanol–water partition coefficient (Wildman–Crippen LogP) is 1.30. The number of hydrogen-bond acceptors (Lipinski definition) is 4. The number of rotatable bonds is 5.